The predicted molar refractivity (Wildman–Crippen MR) is 92.7 cm³/mol. The van der Waals surface area contributed by atoms with Crippen LogP contribution in [0.1, 0.15) is 13.8 Å². The van der Waals surface area contributed by atoms with Crippen molar-refractivity contribution in [1.82, 2.24) is 9.78 Å². The molecular weight excluding hydrogens is 361 g/mol. The lowest BCUT2D eigenvalue weighted by molar-refractivity contribution is -0.118. The molecule has 0 atom stereocenters. The van der Waals surface area contributed by atoms with E-state index >= 15 is 0 Å². The molecule has 0 spiro atoms. The van der Waals surface area contributed by atoms with E-state index in [1.807, 2.05) is 0 Å². The number of amides is 1. The maximum atomic E-state index is 12.0. The van der Waals surface area contributed by atoms with Gasteiger partial charge in [-0.15, -0.1) is 0 Å². The van der Waals surface area contributed by atoms with Crippen molar-refractivity contribution in [1.29, 1.82) is 0 Å². The molecule has 0 saturated carbocycles. The van der Waals surface area contributed by atoms with Gasteiger partial charge >= 0.3 is 0 Å². The molecule has 1 amide bonds. The molecule has 23 heavy (non-hydrogen) atoms. The smallest absolute Gasteiger partial charge is 0.263 e. The van der Waals surface area contributed by atoms with Gasteiger partial charge in [-0.25, -0.2) is 4.68 Å². The lowest BCUT2D eigenvalue weighted by atomic mass is 10.2. The highest BCUT2D eigenvalue weighted by Crippen LogP contribution is 2.33. The van der Waals surface area contributed by atoms with E-state index in [9.17, 15) is 4.79 Å². The Balaban J connectivity index is 1.96. The molecule has 1 aromatic carbocycles. The van der Waals surface area contributed by atoms with Crippen LogP contribution in [0.3, 0.4) is 0 Å². The zero-order chi connectivity index (χ0) is 17.0. The summed E-state index contributed by atoms with van der Waals surface area (Å²) in [5, 5.41) is 7.84. The number of anilines is 1. The number of hydrogen-bond donors (Lipinski definition) is 1. The molecule has 2 rings (SSSR count). The number of carbonyl (C=O) groups is 1. The summed E-state index contributed by atoms with van der Waals surface area (Å²) in [7, 11) is 0. The van der Waals surface area contributed by atoms with E-state index < -0.39 is 0 Å². The Morgan fingerprint density at radius 1 is 1.26 bits per heavy atom. The Labute approximate surface area is 149 Å². The second-order valence-corrected chi connectivity index (χ2v) is 6.55. The van der Waals surface area contributed by atoms with Gasteiger partial charge in [0.25, 0.3) is 5.91 Å². The Kier molecular flexibility index (Phi) is 6.16. The Bertz CT molecular complexity index is 701. The fraction of sp³-hybridized carbons (Fsp3) is 0.333. The standard InChI is InChI=1S/C15H16Cl3N3O2/c1-9(2)7-21-14(3-4-19-21)20-15(22)8-23-13-6-11(17)10(16)5-12(13)18/h3-6,9H,7-8H2,1-2H3,(H,20,22). The summed E-state index contributed by atoms with van der Waals surface area (Å²) < 4.78 is 7.12. The second-order valence-electron chi connectivity index (χ2n) is 5.33. The van der Waals surface area contributed by atoms with E-state index in [-0.39, 0.29) is 17.5 Å². The van der Waals surface area contributed by atoms with Gasteiger partial charge in [-0.1, -0.05) is 48.7 Å². The van der Waals surface area contributed by atoms with Gasteiger partial charge in [0.1, 0.15) is 11.6 Å². The van der Waals surface area contributed by atoms with Crippen LogP contribution in [0, 0.1) is 5.92 Å². The van der Waals surface area contributed by atoms with Crippen LogP contribution in [0.2, 0.25) is 15.1 Å². The molecule has 0 unspecified atom stereocenters. The quantitative estimate of drug-likeness (QED) is 0.754. The third kappa shape index (κ3) is 5.03. The molecule has 1 heterocycles. The van der Waals surface area contributed by atoms with Gasteiger partial charge < -0.3 is 10.1 Å². The average Bonchev–Trinajstić information content (AvgIpc) is 2.87. The molecule has 0 bridgehead atoms. The Hall–Kier alpha value is -1.43. The summed E-state index contributed by atoms with van der Waals surface area (Å²) in [6.07, 6.45) is 1.63. The van der Waals surface area contributed by atoms with Crippen LogP contribution in [0.4, 0.5) is 5.82 Å². The molecule has 2 aromatic rings. The molecule has 1 N–H and O–H groups in total. The molecule has 124 valence electrons. The number of nitrogens with zero attached hydrogens (tertiary/aromatic N) is 2. The summed E-state index contributed by atoms with van der Waals surface area (Å²) in [4.78, 5) is 12.0. The topological polar surface area (TPSA) is 56.2 Å². The number of nitrogens with one attached hydrogen (secondary N) is 1. The summed E-state index contributed by atoms with van der Waals surface area (Å²) in [6.45, 7) is 4.65. The van der Waals surface area contributed by atoms with Gasteiger partial charge in [-0.05, 0) is 12.0 Å². The lowest BCUT2D eigenvalue weighted by Crippen LogP contribution is -2.22. The third-order valence-corrected chi connectivity index (χ3v) is 3.87. The maximum absolute atomic E-state index is 12.0. The Morgan fingerprint density at radius 3 is 2.65 bits per heavy atom. The van der Waals surface area contributed by atoms with Crippen LogP contribution in [0.15, 0.2) is 24.4 Å². The normalized spacial score (nSPS) is 10.9. The number of hydrogen-bond acceptors (Lipinski definition) is 3. The van der Waals surface area contributed by atoms with Crippen molar-refractivity contribution in [2.45, 2.75) is 20.4 Å². The van der Waals surface area contributed by atoms with Gasteiger partial charge in [0.15, 0.2) is 6.61 Å². The summed E-state index contributed by atoms with van der Waals surface area (Å²) in [6, 6.07) is 4.67. The first-order valence-corrected chi connectivity index (χ1v) is 8.09. The van der Waals surface area contributed by atoms with E-state index in [0.29, 0.717) is 34.1 Å². The fourth-order valence-electron chi connectivity index (χ4n) is 1.87. The minimum Gasteiger partial charge on any atom is -0.482 e. The molecule has 5 nitrogen and oxygen atoms in total. The number of halogens is 3. The molecule has 0 aliphatic heterocycles. The molecule has 0 saturated heterocycles. The third-order valence-electron chi connectivity index (χ3n) is 2.86. The van der Waals surface area contributed by atoms with Gasteiger partial charge in [0.2, 0.25) is 0 Å². The Morgan fingerprint density at radius 2 is 1.96 bits per heavy atom. The zero-order valence-electron chi connectivity index (χ0n) is 12.6. The summed E-state index contributed by atoms with van der Waals surface area (Å²) in [5.74, 6) is 1.01. The van der Waals surface area contributed by atoms with Crippen LogP contribution >= 0.6 is 34.8 Å². The number of carbonyl (C=O) groups excluding carboxylic acids is 1. The van der Waals surface area contributed by atoms with Crippen molar-refractivity contribution in [3.05, 3.63) is 39.5 Å². The monoisotopic (exact) mass is 375 g/mol. The number of ether oxygens (including phenoxy) is 1. The molecule has 0 aliphatic rings. The van der Waals surface area contributed by atoms with E-state index in [1.165, 1.54) is 12.1 Å². The zero-order valence-corrected chi connectivity index (χ0v) is 14.9. The highest BCUT2D eigenvalue weighted by Gasteiger charge is 2.12. The van der Waals surface area contributed by atoms with E-state index in [0.717, 1.165) is 0 Å². The molecule has 1 aromatic heterocycles. The van der Waals surface area contributed by atoms with E-state index in [1.54, 1.807) is 16.9 Å². The van der Waals surface area contributed by atoms with Crippen LogP contribution in [0.25, 0.3) is 0 Å². The highest BCUT2D eigenvalue weighted by molar-refractivity contribution is 6.43. The fourth-order valence-corrected chi connectivity index (χ4v) is 2.46. The maximum Gasteiger partial charge on any atom is 0.263 e. The molecule has 0 radical (unpaired) electrons. The number of rotatable bonds is 6. The van der Waals surface area contributed by atoms with Gasteiger partial charge in [0.05, 0.1) is 21.3 Å². The van der Waals surface area contributed by atoms with Gasteiger partial charge in [0, 0.05) is 18.7 Å². The second kappa shape index (κ2) is 7.90. The van der Waals surface area contributed by atoms with Crippen molar-refractivity contribution >= 4 is 46.5 Å². The first-order chi connectivity index (χ1) is 10.9. The highest BCUT2D eigenvalue weighted by atomic mass is 35.5. The van der Waals surface area contributed by atoms with Gasteiger partial charge in [-0.3, -0.25) is 4.79 Å². The van der Waals surface area contributed by atoms with Gasteiger partial charge in [-0.2, -0.15) is 5.10 Å². The largest absolute Gasteiger partial charge is 0.482 e. The summed E-state index contributed by atoms with van der Waals surface area (Å²) in [5.41, 5.74) is 0. The lowest BCUT2D eigenvalue weighted by Gasteiger charge is -2.12. The first-order valence-electron chi connectivity index (χ1n) is 6.96. The molecular formula is C15H16Cl3N3O2. The van der Waals surface area contributed by atoms with E-state index in [4.69, 9.17) is 39.5 Å². The predicted octanol–water partition coefficient (Wildman–Crippen LogP) is 4.52. The van der Waals surface area contributed by atoms with Crippen LogP contribution in [-0.4, -0.2) is 22.3 Å². The minimum atomic E-state index is -0.322. The van der Waals surface area contributed by atoms with Crippen molar-refractivity contribution in [3.63, 3.8) is 0 Å². The SMILES string of the molecule is CC(C)Cn1nccc1NC(=O)COc1cc(Cl)c(Cl)cc1Cl. The molecule has 0 fully saturated rings. The molecule has 8 heteroatoms. The summed E-state index contributed by atoms with van der Waals surface area (Å²) >= 11 is 17.7. The van der Waals surface area contributed by atoms with Crippen LogP contribution in [-0.2, 0) is 11.3 Å². The molecule has 0 aliphatic carbocycles. The van der Waals surface area contributed by atoms with E-state index in [2.05, 4.69) is 24.3 Å². The van der Waals surface area contributed by atoms with Crippen molar-refractivity contribution in [2.24, 2.45) is 5.92 Å². The number of aromatic nitrogens is 2. The van der Waals surface area contributed by atoms with Crippen molar-refractivity contribution < 1.29 is 9.53 Å². The number of benzene rings is 1. The average molecular weight is 377 g/mol. The minimum absolute atomic E-state index is 0.204. The van der Waals surface area contributed by atoms with Crippen LogP contribution < -0.4 is 10.1 Å². The van der Waals surface area contributed by atoms with Crippen molar-refractivity contribution in [3.8, 4) is 5.75 Å². The van der Waals surface area contributed by atoms with Crippen molar-refractivity contribution in [2.75, 3.05) is 11.9 Å². The van der Waals surface area contributed by atoms with Crippen LogP contribution in [0.5, 0.6) is 5.75 Å². The first kappa shape index (κ1) is 17.9.